The second-order valence-electron chi connectivity index (χ2n) is 8.54. The molecule has 0 fully saturated rings. The van der Waals surface area contributed by atoms with Gasteiger partial charge in [0.25, 0.3) is 0 Å². The molecule has 0 bridgehead atoms. The van der Waals surface area contributed by atoms with E-state index in [2.05, 4.69) is 68.3 Å². The number of carbonyl (C=O) groups excluding carboxylic acids is 1. The molecule has 0 aliphatic carbocycles. The van der Waals surface area contributed by atoms with Gasteiger partial charge in [-0.15, -0.1) is 0 Å². The van der Waals surface area contributed by atoms with Crippen LogP contribution in [-0.4, -0.2) is 30.8 Å². The summed E-state index contributed by atoms with van der Waals surface area (Å²) in [5.74, 6) is 0.617. The first-order chi connectivity index (χ1) is 14.2. The molecular weight excluding hydrogens is 374 g/mol. The molecule has 1 aliphatic heterocycles. The average molecular weight is 406 g/mol. The largest absolute Gasteiger partial charge is 0.497 e. The van der Waals surface area contributed by atoms with Crippen LogP contribution in [0.2, 0.25) is 0 Å². The van der Waals surface area contributed by atoms with Gasteiger partial charge in [0.15, 0.2) is 0 Å². The molecule has 3 rings (SSSR count). The molecule has 0 atom stereocenters. The summed E-state index contributed by atoms with van der Waals surface area (Å²) in [6, 6.07) is 14.2. The van der Waals surface area contributed by atoms with Crippen LogP contribution < -0.4 is 15.1 Å². The predicted molar refractivity (Wildman–Crippen MR) is 124 cm³/mol. The zero-order valence-electron chi connectivity index (χ0n) is 18.7. The van der Waals surface area contributed by atoms with Crippen LogP contribution in [0.5, 0.6) is 5.75 Å². The third-order valence-electron chi connectivity index (χ3n) is 5.34. The summed E-state index contributed by atoms with van der Waals surface area (Å²) in [5, 5.41) is 4.15. The number of amides is 1. The van der Waals surface area contributed by atoms with Gasteiger partial charge in [0.1, 0.15) is 5.75 Å². The third kappa shape index (κ3) is 4.73. The standard InChI is InChI=1S/C25H31N3O2/c1-17(2)28-23-12-9-20(13-22(23)18(3)15-25(28,4)5)16-26-27-24(29)14-19-7-10-21(30-6)11-8-19/h7-13,15-17H,14H2,1-6H3,(H,27,29)/b26-16-. The second kappa shape index (κ2) is 8.74. The van der Waals surface area contributed by atoms with Gasteiger partial charge in [0, 0.05) is 17.3 Å². The molecule has 5 heteroatoms. The van der Waals surface area contributed by atoms with Crippen molar-refractivity contribution in [3.05, 3.63) is 65.2 Å². The highest BCUT2D eigenvalue weighted by molar-refractivity contribution is 5.88. The molecule has 0 radical (unpaired) electrons. The van der Waals surface area contributed by atoms with Crippen molar-refractivity contribution < 1.29 is 9.53 Å². The number of rotatable bonds is 6. The van der Waals surface area contributed by atoms with Crippen molar-refractivity contribution in [1.82, 2.24) is 5.43 Å². The minimum absolute atomic E-state index is 0.0315. The highest BCUT2D eigenvalue weighted by atomic mass is 16.5. The van der Waals surface area contributed by atoms with Crippen molar-refractivity contribution in [3.63, 3.8) is 0 Å². The maximum atomic E-state index is 12.2. The Morgan fingerprint density at radius 3 is 2.53 bits per heavy atom. The highest BCUT2D eigenvalue weighted by Gasteiger charge is 2.32. The van der Waals surface area contributed by atoms with Gasteiger partial charge in [-0.05, 0) is 75.6 Å². The molecule has 30 heavy (non-hydrogen) atoms. The third-order valence-corrected chi connectivity index (χ3v) is 5.34. The molecule has 1 aliphatic rings. The number of methoxy groups -OCH3 is 1. The van der Waals surface area contributed by atoms with Gasteiger partial charge in [-0.1, -0.05) is 24.3 Å². The zero-order valence-corrected chi connectivity index (χ0v) is 18.7. The lowest BCUT2D eigenvalue weighted by Gasteiger charge is -2.46. The van der Waals surface area contributed by atoms with Crippen molar-refractivity contribution in [2.45, 2.75) is 52.6 Å². The van der Waals surface area contributed by atoms with E-state index in [-0.39, 0.29) is 17.9 Å². The van der Waals surface area contributed by atoms with Crippen LogP contribution in [0.25, 0.3) is 5.57 Å². The zero-order chi connectivity index (χ0) is 21.9. The summed E-state index contributed by atoms with van der Waals surface area (Å²) in [5.41, 5.74) is 8.14. The fourth-order valence-electron chi connectivity index (χ4n) is 4.24. The van der Waals surface area contributed by atoms with Gasteiger partial charge in [-0.3, -0.25) is 4.79 Å². The number of carbonyl (C=O) groups is 1. The Bertz CT molecular complexity index is 972. The lowest BCUT2D eigenvalue weighted by atomic mass is 9.87. The van der Waals surface area contributed by atoms with Crippen LogP contribution in [0.3, 0.4) is 0 Å². The van der Waals surface area contributed by atoms with Crippen LogP contribution in [0.15, 0.2) is 53.6 Å². The van der Waals surface area contributed by atoms with Gasteiger partial charge in [0.05, 0.1) is 25.3 Å². The van der Waals surface area contributed by atoms with Crippen molar-refractivity contribution >= 4 is 23.4 Å². The van der Waals surface area contributed by atoms with Gasteiger partial charge in [0.2, 0.25) is 5.91 Å². The van der Waals surface area contributed by atoms with E-state index in [1.807, 2.05) is 30.3 Å². The molecule has 0 saturated heterocycles. The van der Waals surface area contributed by atoms with E-state index < -0.39 is 0 Å². The molecule has 0 aromatic heterocycles. The molecule has 5 nitrogen and oxygen atoms in total. The molecule has 1 N–H and O–H groups in total. The Morgan fingerprint density at radius 2 is 1.90 bits per heavy atom. The summed E-state index contributed by atoms with van der Waals surface area (Å²) in [7, 11) is 1.62. The first-order valence-electron chi connectivity index (χ1n) is 10.3. The topological polar surface area (TPSA) is 53.9 Å². The Kier molecular flexibility index (Phi) is 6.30. The Labute approximate surface area is 179 Å². The van der Waals surface area contributed by atoms with Crippen LogP contribution >= 0.6 is 0 Å². The predicted octanol–water partition coefficient (Wildman–Crippen LogP) is 4.80. The van der Waals surface area contributed by atoms with E-state index in [0.717, 1.165) is 16.9 Å². The van der Waals surface area contributed by atoms with E-state index in [1.54, 1.807) is 13.3 Å². The van der Waals surface area contributed by atoms with Crippen LogP contribution in [0, 0.1) is 0 Å². The van der Waals surface area contributed by atoms with Crippen molar-refractivity contribution in [1.29, 1.82) is 0 Å². The van der Waals surface area contributed by atoms with E-state index >= 15 is 0 Å². The second-order valence-corrected chi connectivity index (χ2v) is 8.54. The summed E-state index contributed by atoms with van der Waals surface area (Å²) in [6.07, 6.45) is 4.28. The number of hydrogen-bond acceptors (Lipinski definition) is 4. The summed E-state index contributed by atoms with van der Waals surface area (Å²) in [6.45, 7) is 11.1. The molecule has 0 spiro atoms. The lowest BCUT2D eigenvalue weighted by molar-refractivity contribution is -0.120. The van der Waals surface area contributed by atoms with E-state index in [4.69, 9.17) is 4.74 Å². The summed E-state index contributed by atoms with van der Waals surface area (Å²) < 4.78 is 5.14. The molecule has 0 unspecified atom stereocenters. The van der Waals surface area contributed by atoms with Crippen LogP contribution in [0.1, 0.15) is 51.3 Å². The molecule has 2 aromatic carbocycles. The number of allylic oxidation sites excluding steroid dienone is 1. The number of hydrazone groups is 1. The monoisotopic (exact) mass is 405 g/mol. The smallest absolute Gasteiger partial charge is 0.244 e. The Hall–Kier alpha value is -3.08. The quantitative estimate of drug-likeness (QED) is 0.555. The van der Waals surface area contributed by atoms with Gasteiger partial charge >= 0.3 is 0 Å². The first-order valence-corrected chi connectivity index (χ1v) is 10.3. The number of fused-ring (bicyclic) bond motifs is 1. The van der Waals surface area contributed by atoms with Crippen molar-refractivity contribution in [3.8, 4) is 5.75 Å². The first kappa shape index (κ1) is 21.6. The average Bonchev–Trinajstić information content (AvgIpc) is 2.68. The molecule has 2 aromatic rings. The number of anilines is 1. The number of hydrogen-bond donors (Lipinski definition) is 1. The number of ether oxygens (including phenoxy) is 1. The Balaban J connectivity index is 1.69. The highest BCUT2D eigenvalue weighted by Crippen LogP contribution is 2.40. The fourth-order valence-corrected chi connectivity index (χ4v) is 4.24. The minimum Gasteiger partial charge on any atom is -0.497 e. The van der Waals surface area contributed by atoms with Crippen LogP contribution in [-0.2, 0) is 11.2 Å². The minimum atomic E-state index is -0.154. The van der Waals surface area contributed by atoms with Gasteiger partial charge < -0.3 is 9.64 Å². The van der Waals surface area contributed by atoms with Gasteiger partial charge in [-0.25, -0.2) is 5.43 Å². The molecule has 0 saturated carbocycles. The van der Waals surface area contributed by atoms with Crippen LogP contribution in [0.4, 0.5) is 5.69 Å². The number of nitrogens with one attached hydrogen (secondary N) is 1. The van der Waals surface area contributed by atoms with E-state index in [9.17, 15) is 4.79 Å². The van der Waals surface area contributed by atoms with Crippen molar-refractivity contribution in [2.24, 2.45) is 5.10 Å². The van der Waals surface area contributed by atoms with Crippen molar-refractivity contribution in [2.75, 3.05) is 12.0 Å². The van der Waals surface area contributed by atoms with Gasteiger partial charge in [-0.2, -0.15) is 5.10 Å². The maximum Gasteiger partial charge on any atom is 0.244 e. The molecular formula is C25H31N3O2. The Morgan fingerprint density at radius 1 is 1.20 bits per heavy atom. The van der Waals surface area contributed by atoms with E-state index in [1.165, 1.54) is 16.8 Å². The SMILES string of the molecule is COc1ccc(CC(=O)N/N=C\c2ccc3c(c2)C(C)=CC(C)(C)N3C(C)C)cc1. The normalized spacial score (nSPS) is 15.2. The lowest BCUT2D eigenvalue weighted by Crippen LogP contribution is -2.49. The number of nitrogens with zero attached hydrogens (tertiary/aromatic N) is 2. The molecule has 1 heterocycles. The molecule has 1 amide bonds. The summed E-state index contributed by atoms with van der Waals surface area (Å²) >= 11 is 0. The van der Waals surface area contributed by atoms with E-state index in [0.29, 0.717) is 6.04 Å². The number of benzene rings is 2. The summed E-state index contributed by atoms with van der Waals surface area (Å²) in [4.78, 5) is 14.6. The fraction of sp³-hybridized carbons (Fsp3) is 0.360. The maximum absolute atomic E-state index is 12.2. The molecule has 158 valence electrons.